The number of aromatic nitrogens is 1. The van der Waals surface area contributed by atoms with E-state index in [4.69, 9.17) is 5.73 Å². The van der Waals surface area contributed by atoms with Crippen LogP contribution in [0.5, 0.6) is 0 Å². The van der Waals surface area contributed by atoms with Crippen molar-refractivity contribution in [1.82, 2.24) is 9.88 Å². The lowest BCUT2D eigenvalue weighted by atomic mass is 9.91. The molecule has 1 aromatic heterocycles. The van der Waals surface area contributed by atoms with Crippen LogP contribution < -0.4 is 5.73 Å². The van der Waals surface area contributed by atoms with E-state index in [-0.39, 0.29) is 6.04 Å². The van der Waals surface area contributed by atoms with Crippen molar-refractivity contribution in [3.8, 4) is 0 Å². The van der Waals surface area contributed by atoms with E-state index in [1.54, 1.807) is 0 Å². The van der Waals surface area contributed by atoms with Gasteiger partial charge in [0.15, 0.2) is 0 Å². The number of nitrogens with zero attached hydrogens (tertiary/aromatic N) is 2. The van der Waals surface area contributed by atoms with Gasteiger partial charge < -0.3 is 10.6 Å². The van der Waals surface area contributed by atoms with Crippen molar-refractivity contribution in [2.24, 2.45) is 5.73 Å². The zero-order valence-corrected chi connectivity index (χ0v) is 11.7. The Balaban J connectivity index is 1.79. The van der Waals surface area contributed by atoms with E-state index in [2.05, 4.69) is 23.0 Å². The van der Waals surface area contributed by atoms with Crippen LogP contribution >= 0.6 is 11.8 Å². The summed E-state index contributed by atoms with van der Waals surface area (Å²) in [5.74, 6) is 2.85. The second-order valence-corrected chi connectivity index (χ2v) is 6.54. The lowest BCUT2D eigenvalue weighted by Gasteiger charge is -2.38. The Morgan fingerprint density at radius 2 is 2.44 bits per heavy atom. The normalized spacial score (nSPS) is 30.1. The quantitative estimate of drug-likeness (QED) is 0.878. The van der Waals surface area contributed by atoms with Crippen molar-refractivity contribution in [2.75, 3.05) is 25.1 Å². The maximum atomic E-state index is 6.56. The van der Waals surface area contributed by atoms with Gasteiger partial charge in [0.2, 0.25) is 0 Å². The predicted octanol–water partition coefficient (Wildman–Crippen LogP) is 1.49. The first-order valence-corrected chi connectivity index (χ1v) is 7.90. The van der Waals surface area contributed by atoms with Crippen LogP contribution in [0, 0.1) is 0 Å². The highest BCUT2D eigenvalue weighted by Gasteiger charge is 2.35. The highest BCUT2D eigenvalue weighted by molar-refractivity contribution is 7.99. The SMILES string of the molecule is CN1CCSCC1C(N)C1CCc2cccnc21. The van der Waals surface area contributed by atoms with Crippen molar-refractivity contribution in [1.29, 1.82) is 0 Å². The Morgan fingerprint density at radius 3 is 3.28 bits per heavy atom. The fourth-order valence-electron chi connectivity index (χ4n) is 3.20. The third-order valence-corrected chi connectivity index (χ3v) is 5.40. The van der Waals surface area contributed by atoms with E-state index in [9.17, 15) is 0 Å². The monoisotopic (exact) mass is 263 g/mol. The summed E-state index contributed by atoms with van der Waals surface area (Å²) in [4.78, 5) is 7.01. The van der Waals surface area contributed by atoms with Gasteiger partial charge >= 0.3 is 0 Å². The molecule has 2 N–H and O–H groups in total. The van der Waals surface area contributed by atoms with Gasteiger partial charge in [0.25, 0.3) is 0 Å². The molecule has 1 aromatic rings. The molecule has 1 saturated heterocycles. The number of nitrogens with two attached hydrogens (primary N) is 1. The maximum absolute atomic E-state index is 6.56. The minimum atomic E-state index is 0.221. The molecule has 1 aliphatic heterocycles. The Bertz CT molecular complexity index is 423. The minimum absolute atomic E-state index is 0.221. The summed E-state index contributed by atoms with van der Waals surface area (Å²) in [6, 6.07) is 4.96. The number of hydrogen-bond donors (Lipinski definition) is 1. The molecule has 0 amide bonds. The van der Waals surface area contributed by atoms with Crippen LogP contribution in [0.15, 0.2) is 18.3 Å². The molecule has 0 saturated carbocycles. The summed E-state index contributed by atoms with van der Waals surface area (Å²) in [5.41, 5.74) is 9.23. The minimum Gasteiger partial charge on any atom is -0.326 e. The highest BCUT2D eigenvalue weighted by atomic mass is 32.2. The molecule has 0 radical (unpaired) electrons. The molecule has 0 aromatic carbocycles. The predicted molar refractivity (Wildman–Crippen MR) is 77.0 cm³/mol. The average molecular weight is 263 g/mol. The standard InChI is InChI=1S/C14H21N3S/c1-17-7-8-18-9-12(17)13(15)11-5-4-10-3-2-6-16-14(10)11/h2-3,6,11-13H,4-5,7-9,15H2,1H3. The number of aryl methyl sites for hydroxylation is 1. The van der Waals surface area contributed by atoms with E-state index in [1.807, 2.05) is 24.0 Å². The average Bonchev–Trinajstić information content (AvgIpc) is 2.82. The maximum Gasteiger partial charge on any atom is 0.0482 e. The van der Waals surface area contributed by atoms with E-state index in [0.29, 0.717) is 12.0 Å². The topological polar surface area (TPSA) is 42.1 Å². The van der Waals surface area contributed by atoms with Crippen molar-refractivity contribution < 1.29 is 0 Å². The summed E-state index contributed by atoms with van der Waals surface area (Å²) in [6.45, 7) is 1.16. The van der Waals surface area contributed by atoms with Gasteiger partial charge in [-0.05, 0) is 31.5 Å². The van der Waals surface area contributed by atoms with Crippen LogP contribution in [0.1, 0.15) is 23.6 Å². The van der Waals surface area contributed by atoms with E-state index < -0.39 is 0 Å². The lowest BCUT2D eigenvalue weighted by Crippen LogP contribution is -2.53. The molecule has 3 nitrogen and oxygen atoms in total. The molecule has 3 unspecified atom stereocenters. The molecule has 2 aliphatic rings. The van der Waals surface area contributed by atoms with Gasteiger partial charge in [0.05, 0.1) is 0 Å². The molecular formula is C14H21N3S. The summed E-state index contributed by atoms with van der Waals surface area (Å²) in [7, 11) is 2.21. The second kappa shape index (κ2) is 5.19. The molecule has 0 spiro atoms. The van der Waals surface area contributed by atoms with Gasteiger partial charge in [0, 0.05) is 47.9 Å². The van der Waals surface area contributed by atoms with Crippen molar-refractivity contribution in [3.63, 3.8) is 0 Å². The van der Waals surface area contributed by atoms with Crippen LogP contribution in [0.2, 0.25) is 0 Å². The first kappa shape index (κ1) is 12.5. The Morgan fingerprint density at radius 1 is 1.56 bits per heavy atom. The molecule has 0 bridgehead atoms. The molecule has 3 rings (SSSR count). The van der Waals surface area contributed by atoms with Crippen molar-refractivity contribution in [3.05, 3.63) is 29.6 Å². The fourth-order valence-corrected chi connectivity index (χ4v) is 4.50. The van der Waals surface area contributed by atoms with Gasteiger partial charge in [-0.2, -0.15) is 11.8 Å². The molecule has 98 valence electrons. The summed E-state index contributed by atoms with van der Waals surface area (Å²) in [6.07, 6.45) is 4.22. The zero-order valence-electron chi connectivity index (χ0n) is 10.9. The number of fused-ring (bicyclic) bond motifs is 1. The lowest BCUT2D eigenvalue weighted by molar-refractivity contribution is 0.218. The third kappa shape index (κ3) is 2.17. The van der Waals surface area contributed by atoms with Crippen LogP contribution in [0.3, 0.4) is 0 Å². The van der Waals surface area contributed by atoms with Crippen LogP contribution in [-0.4, -0.2) is 47.1 Å². The summed E-state index contributed by atoms with van der Waals surface area (Å²) >= 11 is 2.03. The van der Waals surface area contributed by atoms with Crippen molar-refractivity contribution >= 4 is 11.8 Å². The molecule has 1 fully saturated rings. The molecule has 4 heteroatoms. The summed E-state index contributed by atoms with van der Waals surface area (Å²) in [5, 5.41) is 0. The fraction of sp³-hybridized carbons (Fsp3) is 0.643. The second-order valence-electron chi connectivity index (χ2n) is 5.39. The Hall–Kier alpha value is -0.580. The third-order valence-electron chi connectivity index (χ3n) is 4.35. The Kier molecular flexibility index (Phi) is 3.59. The number of thioether (sulfide) groups is 1. The van der Waals surface area contributed by atoms with Gasteiger partial charge in [-0.15, -0.1) is 0 Å². The van der Waals surface area contributed by atoms with Gasteiger partial charge in [0.1, 0.15) is 0 Å². The van der Waals surface area contributed by atoms with Gasteiger partial charge in [-0.1, -0.05) is 6.07 Å². The number of likely N-dealkylation sites (N-methyl/N-ethyl adjacent to an activating group) is 1. The highest BCUT2D eigenvalue weighted by Crippen LogP contribution is 2.35. The van der Waals surface area contributed by atoms with Crippen LogP contribution in [0.25, 0.3) is 0 Å². The molecule has 3 atom stereocenters. The van der Waals surface area contributed by atoms with E-state index in [1.165, 1.54) is 23.4 Å². The van der Waals surface area contributed by atoms with E-state index >= 15 is 0 Å². The van der Waals surface area contributed by atoms with Gasteiger partial charge in [-0.3, -0.25) is 4.98 Å². The van der Waals surface area contributed by atoms with Crippen LogP contribution in [0.4, 0.5) is 0 Å². The largest absolute Gasteiger partial charge is 0.326 e. The number of hydrogen-bond acceptors (Lipinski definition) is 4. The molecular weight excluding hydrogens is 242 g/mol. The number of pyridine rings is 1. The summed E-state index contributed by atoms with van der Waals surface area (Å²) < 4.78 is 0. The van der Waals surface area contributed by atoms with Gasteiger partial charge in [-0.25, -0.2) is 0 Å². The molecule has 1 aliphatic carbocycles. The smallest absolute Gasteiger partial charge is 0.0482 e. The zero-order chi connectivity index (χ0) is 12.5. The first-order chi connectivity index (χ1) is 8.77. The molecule has 18 heavy (non-hydrogen) atoms. The van der Waals surface area contributed by atoms with Crippen molar-refractivity contribution in [2.45, 2.75) is 30.8 Å². The molecule has 2 heterocycles. The first-order valence-electron chi connectivity index (χ1n) is 6.74. The van der Waals surface area contributed by atoms with E-state index in [0.717, 1.165) is 18.7 Å². The number of rotatable bonds is 2. The Labute approximate surface area is 113 Å². The van der Waals surface area contributed by atoms with Crippen LogP contribution in [-0.2, 0) is 6.42 Å².